The van der Waals surface area contributed by atoms with E-state index in [1.54, 1.807) is 20.8 Å². The highest BCUT2D eigenvalue weighted by Crippen LogP contribution is 2.30. The van der Waals surface area contributed by atoms with E-state index < -0.39 is 17.4 Å². The minimum Gasteiger partial charge on any atom is -0.384 e. The second kappa shape index (κ2) is 4.47. The molecule has 1 heterocycles. The number of nitrogens with two attached hydrogens (primary N) is 1. The summed E-state index contributed by atoms with van der Waals surface area (Å²) in [6.07, 6.45) is -4.52. The number of hydrogen-bond donors (Lipinski definition) is 3. The van der Waals surface area contributed by atoms with Crippen LogP contribution in [0, 0.1) is 5.41 Å². The first-order valence-electron chi connectivity index (χ1n) is 5.21. The predicted octanol–water partition coefficient (Wildman–Crippen LogP) is 2.59. The number of anilines is 1. The number of amidine groups is 1. The molecular weight excluding hydrogens is 245 g/mol. The maximum atomic E-state index is 12.6. The average molecular weight is 260 g/mol. The molecule has 0 radical (unpaired) electrons. The highest BCUT2D eigenvalue weighted by Gasteiger charge is 2.33. The molecule has 0 saturated carbocycles. The molecule has 4 N–H and O–H groups in total. The van der Waals surface area contributed by atoms with Crippen LogP contribution in [0.2, 0.25) is 0 Å². The van der Waals surface area contributed by atoms with E-state index in [1.165, 1.54) is 0 Å². The summed E-state index contributed by atoms with van der Waals surface area (Å²) in [6.45, 7) is 5.33. The molecule has 0 amide bonds. The van der Waals surface area contributed by atoms with E-state index in [4.69, 9.17) is 11.1 Å². The van der Waals surface area contributed by atoms with Gasteiger partial charge in [0.2, 0.25) is 0 Å². The Bertz CT molecular complexity index is 460. The molecule has 0 fully saturated rings. The van der Waals surface area contributed by atoms with Gasteiger partial charge in [-0.05, 0) is 32.9 Å². The Hall–Kier alpha value is -1.79. The lowest BCUT2D eigenvalue weighted by Crippen LogP contribution is -2.29. The molecule has 0 unspecified atom stereocenters. The van der Waals surface area contributed by atoms with E-state index in [-0.39, 0.29) is 17.2 Å². The van der Waals surface area contributed by atoms with Crippen molar-refractivity contribution in [1.29, 1.82) is 5.41 Å². The Kier molecular flexibility index (Phi) is 3.54. The summed E-state index contributed by atoms with van der Waals surface area (Å²) >= 11 is 0. The van der Waals surface area contributed by atoms with Crippen LogP contribution in [0.25, 0.3) is 0 Å². The maximum Gasteiger partial charge on any atom is 0.433 e. The van der Waals surface area contributed by atoms with Crippen LogP contribution in [-0.2, 0) is 6.18 Å². The summed E-state index contributed by atoms with van der Waals surface area (Å²) in [5.74, 6) is -0.368. The Labute approximate surface area is 103 Å². The van der Waals surface area contributed by atoms with Gasteiger partial charge in [-0.15, -0.1) is 0 Å². The molecule has 100 valence electrons. The Morgan fingerprint density at radius 2 is 1.83 bits per heavy atom. The maximum absolute atomic E-state index is 12.6. The lowest BCUT2D eigenvalue weighted by molar-refractivity contribution is -0.141. The summed E-state index contributed by atoms with van der Waals surface area (Å²) in [5.41, 5.74) is 3.97. The van der Waals surface area contributed by atoms with E-state index in [2.05, 4.69) is 10.3 Å². The second-order valence-electron chi connectivity index (χ2n) is 4.88. The zero-order chi connectivity index (χ0) is 14.1. The fourth-order valence-electron chi connectivity index (χ4n) is 1.28. The molecule has 0 bridgehead atoms. The number of pyridine rings is 1. The third kappa shape index (κ3) is 3.61. The topological polar surface area (TPSA) is 74.8 Å². The van der Waals surface area contributed by atoms with Crippen molar-refractivity contribution >= 4 is 11.7 Å². The van der Waals surface area contributed by atoms with E-state index in [0.29, 0.717) is 0 Å². The van der Waals surface area contributed by atoms with Gasteiger partial charge in [-0.1, -0.05) is 0 Å². The van der Waals surface area contributed by atoms with Crippen LogP contribution in [0.15, 0.2) is 12.1 Å². The van der Waals surface area contributed by atoms with Crippen LogP contribution in [0.5, 0.6) is 0 Å². The predicted molar refractivity (Wildman–Crippen MR) is 63.6 cm³/mol. The third-order valence-electron chi connectivity index (χ3n) is 1.97. The summed E-state index contributed by atoms with van der Waals surface area (Å²) in [4.78, 5) is 3.49. The van der Waals surface area contributed by atoms with Gasteiger partial charge in [0, 0.05) is 5.54 Å². The van der Waals surface area contributed by atoms with E-state index in [1.807, 2.05) is 0 Å². The lowest BCUT2D eigenvalue weighted by atomic mass is 10.1. The van der Waals surface area contributed by atoms with Crippen LogP contribution in [0.4, 0.5) is 19.0 Å². The first kappa shape index (κ1) is 14.3. The Balaban J connectivity index is 3.29. The van der Waals surface area contributed by atoms with Gasteiger partial charge in [-0.2, -0.15) is 13.2 Å². The van der Waals surface area contributed by atoms with Crippen molar-refractivity contribution in [2.45, 2.75) is 32.5 Å². The minimum absolute atomic E-state index is 0.0372. The normalized spacial score (nSPS) is 12.3. The van der Waals surface area contributed by atoms with Crippen LogP contribution in [0.1, 0.15) is 32.0 Å². The smallest absolute Gasteiger partial charge is 0.384 e. The molecule has 0 spiro atoms. The summed E-state index contributed by atoms with van der Waals surface area (Å²) in [5, 5.41) is 10.1. The number of halogens is 3. The number of nitrogens with one attached hydrogen (secondary N) is 2. The summed E-state index contributed by atoms with van der Waals surface area (Å²) < 4.78 is 37.7. The van der Waals surface area contributed by atoms with Gasteiger partial charge in [0.05, 0.1) is 5.56 Å². The fraction of sp³-hybridized carbons (Fsp3) is 0.455. The quantitative estimate of drug-likeness (QED) is 0.565. The van der Waals surface area contributed by atoms with Gasteiger partial charge in [0.1, 0.15) is 17.3 Å². The van der Waals surface area contributed by atoms with E-state index in [0.717, 1.165) is 12.1 Å². The molecule has 1 rings (SSSR count). The van der Waals surface area contributed by atoms with Crippen molar-refractivity contribution < 1.29 is 13.2 Å². The zero-order valence-electron chi connectivity index (χ0n) is 10.3. The number of nitrogens with zero attached hydrogens (tertiary/aromatic N) is 1. The molecule has 0 aliphatic rings. The highest BCUT2D eigenvalue weighted by atomic mass is 19.4. The Morgan fingerprint density at radius 3 is 2.22 bits per heavy atom. The number of aromatic nitrogens is 1. The van der Waals surface area contributed by atoms with Crippen LogP contribution >= 0.6 is 0 Å². The van der Waals surface area contributed by atoms with Gasteiger partial charge < -0.3 is 11.1 Å². The highest BCUT2D eigenvalue weighted by molar-refractivity contribution is 5.99. The van der Waals surface area contributed by atoms with Gasteiger partial charge in [0.15, 0.2) is 0 Å². The number of rotatable bonds is 2. The molecule has 0 saturated heterocycles. The summed E-state index contributed by atoms with van der Waals surface area (Å²) in [7, 11) is 0. The molecule has 1 aromatic rings. The molecule has 4 nitrogen and oxygen atoms in total. The molecular formula is C11H15F3N4. The van der Waals surface area contributed by atoms with Crippen molar-refractivity contribution in [3.63, 3.8) is 0 Å². The monoisotopic (exact) mass is 260 g/mol. The largest absolute Gasteiger partial charge is 0.433 e. The molecule has 0 atom stereocenters. The van der Waals surface area contributed by atoms with E-state index in [9.17, 15) is 13.2 Å². The van der Waals surface area contributed by atoms with E-state index >= 15 is 0 Å². The number of hydrogen-bond acceptors (Lipinski definition) is 3. The fourth-order valence-corrected chi connectivity index (χ4v) is 1.28. The molecule has 0 aliphatic carbocycles. The average Bonchev–Trinajstić information content (AvgIpc) is 2.12. The molecule has 0 aliphatic heterocycles. The lowest BCUT2D eigenvalue weighted by Gasteiger charge is -2.23. The summed E-state index contributed by atoms with van der Waals surface area (Å²) in [6, 6.07) is 1.96. The first-order valence-corrected chi connectivity index (χ1v) is 5.21. The minimum atomic E-state index is -4.52. The van der Waals surface area contributed by atoms with Crippen LogP contribution in [-0.4, -0.2) is 16.4 Å². The van der Waals surface area contributed by atoms with Crippen molar-refractivity contribution in [3.05, 3.63) is 23.4 Å². The van der Waals surface area contributed by atoms with Gasteiger partial charge >= 0.3 is 6.18 Å². The van der Waals surface area contributed by atoms with Crippen molar-refractivity contribution in [3.8, 4) is 0 Å². The second-order valence-corrected chi connectivity index (χ2v) is 4.88. The number of alkyl halides is 3. The van der Waals surface area contributed by atoms with Crippen LogP contribution in [0.3, 0.4) is 0 Å². The van der Waals surface area contributed by atoms with Crippen molar-refractivity contribution in [2.24, 2.45) is 5.73 Å². The molecule has 18 heavy (non-hydrogen) atoms. The molecule has 0 aromatic carbocycles. The van der Waals surface area contributed by atoms with Crippen molar-refractivity contribution in [2.75, 3.05) is 5.32 Å². The molecule has 7 heteroatoms. The zero-order valence-corrected chi connectivity index (χ0v) is 10.3. The Morgan fingerprint density at radius 1 is 1.28 bits per heavy atom. The van der Waals surface area contributed by atoms with Gasteiger partial charge in [0.25, 0.3) is 0 Å². The van der Waals surface area contributed by atoms with Gasteiger partial charge in [-0.25, -0.2) is 4.98 Å². The SMILES string of the molecule is CC(C)(C)Nc1nc(C(F)(F)F)ccc1C(=N)N. The van der Waals surface area contributed by atoms with Gasteiger partial charge in [-0.3, -0.25) is 5.41 Å². The number of nitrogen functional groups attached to an aromatic ring is 1. The van der Waals surface area contributed by atoms with Crippen molar-refractivity contribution in [1.82, 2.24) is 4.98 Å². The first-order chi connectivity index (χ1) is 8.00. The standard InChI is InChI=1S/C11H15F3N4/c1-10(2,3)18-9-6(8(15)16)4-5-7(17-9)11(12,13)14/h4-5H,1-3H3,(H3,15,16)(H,17,18). The molecule has 1 aromatic heterocycles. The third-order valence-corrected chi connectivity index (χ3v) is 1.97. The van der Waals surface area contributed by atoms with Crippen LogP contribution < -0.4 is 11.1 Å².